The number of thioether (sulfide) groups is 1. The molecule has 0 atom stereocenters. The maximum absolute atomic E-state index is 9.52. The van der Waals surface area contributed by atoms with Crippen LogP contribution in [-0.2, 0) is 6.54 Å². The Morgan fingerprint density at radius 3 is 2.67 bits per heavy atom. The lowest BCUT2D eigenvalue weighted by Gasteiger charge is -2.15. The minimum atomic E-state index is 0.322. The van der Waals surface area contributed by atoms with Gasteiger partial charge in [0.1, 0.15) is 5.75 Å². The van der Waals surface area contributed by atoms with Crippen LogP contribution in [0.2, 0.25) is 0 Å². The molecule has 0 heterocycles. The van der Waals surface area contributed by atoms with Crippen molar-refractivity contribution in [3.63, 3.8) is 0 Å². The smallest absolute Gasteiger partial charge is 0.115 e. The normalized spacial score (nSPS) is 15.2. The number of para-hydroxylation sites is 1. The number of phenols is 1. The minimum absolute atomic E-state index is 0.322. The SMILES string of the molecule is Oc1cccc(CNc2ccccc2SC2CCCC2)c1. The van der Waals surface area contributed by atoms with Crippen LogP contribution in [-0.4, -0.2) is 10.4 Å². The lowest BCUT2D eigenvalue weighted by molar-refractivity contribution is 0.474. The average molecular weight is 299 g/mol. The monoisotopic (exact) mass is 299 g/mol. The second-order valence-corrected chi connectivity index (χ2v) is 6.89. The Bertz CT molecular complexity index is 593. The molecule has 2 aromatic carbocycles. The first kappa shape index (κ1) is 14.3. The Balaban J connectivity index is 1.67. The maximum Gasteiger partial charge on any atom is 0.115 e. The Morgan fingerprint density at radius 2 is 1.86 bits per heavy atom. The first-order valence-corrected chi connectivity index (χ1v) is 8.47. The van der Waals surface area contributed by atoms with E-state index in [-0.39, 0.29) is 0 Å². The molecule has 3 rings (SSSR count). The van der Waals surface area contributed by atoms with Gasteiger partial charge in [-0.15, -0.1) is 11.8 Å². The largest absolute Gasteiger partial charge is 0.508 e. The fourth-order valence-electron chi connectivity index (χ4n) is 2.76. The summed E-state index contributed by atoms with van der Waals surface area (Å²) >= 11 is 2.00. The molecule has 0 aromatic heterocycles. The summed E-state index contributed by atoms with van der Waals surface area (Å²) in [5, 5.41) is 13.8. The molecule has 0 saturated heterocycles. The summed E-state index contributed by atoms with van der Waals surface area (Å²) in [5.74, 6) is 0.322. The van der Waals surface area contributed by atoms with E-state index in [4.69, 9.17) is 0 Å². The summed E-state index contributed by atoms with van der Waals surface area (Å²) in [7, 11) is 0. The van der Waals surface area contributed by atoms with Crippen molar-refractivity contribution in [2.45, 2.75) is 42.4 Å². The van der Waals surface area contributed by atoms with Crippen LogP contribution in [0.4, 0.5) is 5.69 Å². The number of hydrogen-bond donors (Lipinski definition) is 2. The van der Waals surface area contributed by atoms with Gasteiger partial charge in [-0.05, 0) is 42.7 Å². The number of benzene rings is 2. The highest BCUT2D eigenvalue weighted by atomic mass is 32.2. The van der Waals surface area contributed by atoms with Gasteiger partial charge in [0.25, 0.3) is 0 Å². The maximum atomic E-state index is 9.52. The van der Waals surface area contributed by atoms with Crippen LogP contribution in [0.1, 0.15) is 31.2 Å². The quantitative estimate of drug-likeness (QED) is 0.811. The molecule has 0 spiro atoms. The van der Waals surface area contributed by atoms with Crippen molar-refractivity contribution in [3.05, 3.63) is 54.1 Å². The molecule has 2 N–H and O–H groups in total. The van der Waals surface area contributed by atoms with Gasteiger partial charge in [0.15, 0.2) is 0 Å². The predicted octanol–water partition coefficient (Wildman–Crippen LogP) is 5.04. The number of anilines is 1. The Morgan fingerprint density at radius 1 is 1.05 bits per heavy atom. The van der Waals surface area contributed by atoms with Crippen LogP contribution in [0.25, 0.3) is 0 Å². The number of phenolic OH excluding ortho intramolecular Hbond substituents is 1. The average Bonchev–Trinajstić information content (AvgIpc) is 2.99. The Kier molecular flexibility index (Phi) is 4.71. The lowest BCUT2D eigenvalue weighted by atomic mass is 10.2. The van der Waals surface area contributed by atoms with Gasteiger partial charge in [0, 0.05) is 22.4 Å². The number of aromatic hydroxyl groups is 1. The molecule has 2 nitrogen and oxygen atoms in total. The zero-order valence-corrected chi connectivity index (χ0v) is 12.9. The third-order valence-electron chi connectivity index (χ3n) is 3.88. The standard InChI is InChI=1S/C18H21NOS/c20-15-7-5-6-14(12-15)13-19-17-10-3-4-11-18(17)21-16-8-1-2-9-16/h3-7,10-12,16,19-20H,1-2,8-9,13H2. The zero-order chi connectivity index (χ0) is 14.5. The van der Waals surface area contributed by atoms with E-state index in [0.29, 0.717) is 5.75 Å². The molecule has 0 aliphatic heterocycles. The second-order valence-electron chi connectivity index (χ2n) is 5.54. The summed E-state index contributed by atoms with van der Waals surface area (Å²) in [4.78, 5) is 1.34. The van der Waals surface area contributed by atoms with Crippen molar-refractivity contribution >= 4 is 17.4 Å². The van der Waals surface area contributed by atoms with Gasteiger partial charge < -0.3 is 10.4 Å². The van der Waals surface area contributed by atoms with Gasteiger partial charge in [0.2, 0.25) is 0 Å². The van der Waals surface area contributed by atoms with Crippen molar-refractivity contribution in [2.75, 3.05) is 5.32 Å². The van der Waals surface area contributed by atoms with E-state index in [2.05, 4.69) is 29.6 Å². The van der Waals surface area contributed by atoms with Crippen LogP contribution in [0.5, 0.6) is 5.75 Å². The molecule has 2 aromatic rings. The fourth-order valence-corrected chi connectivity index (χ4v) is 4.12. The molecule has 0 bridgehead atoms. The van der Waals surface area contributed by atoms with Gasteiger partial charge in [0.05, 0.1) is 0 Å². The predicted molar refractivity (Wildman–Crippen MR) is 90.0 cm³/mol. The summed E-state index contributed by atoms with van der Waals surface area (Å²) in [6.07, 6.45) is 5.42. The first-order chi connectivity index (χ1) is 10.3. The van der Waals surface area contributed by atoms with Gasteiger partial charge >= 0.3 is 0 Å². The van der Waals surface area contributed by atoms with E-state index >= 15 is 0 Å². The zero-order valence-electron chi connectivity index (χ0n) is 12.1. The topological polar surface area (TPSA) is 32.3 Å². The molecule has 0 amide bonds. The van der Waals surface area contributed by atoms with E-state index in [1.807, 2.05) is 23.9 Å². The Labute approximate surface area is 130 Å². The highest BCUT2D eigenvalue weighted by Crippen LogP contribution is 2.38. The first-order valence-electron chi connectivity index (χ1n) is 7.59. The van der Waals surface area contributed by atoms with Gasteiger partial charge in [-0.25, -0.2) is 0 Å². The molecule has 3 heteroatoms. The Hall–Kier alpha value is -1.61. The number of nitrogens with one attached hydrogen (secondary N) is 1. The molecule has 1 saturated carbocycles. The van der Waals surface area contributed by atoms with Gasteiger partial charge in [-0.1, -0.05) is 37.1 Å². The van der Waals surface area contributed by atoms with Crippen molar-refractivity contribution in [3.8, 4) is 5.75 Å². The molecule has 0 unspecified atom stereocenters. The van der Waals surface area contributed by atoms with Gasteiger partial charge in [-0.3, -0.25) is 0 Å². The lowest BCUT2D eigenvalue weighted by Crippen LogP contribution is -2.02. The van der Waals surface area contributed by atoms with E-state index in [0.717, 1.165) is 17.4 Å². The molecular weight excluding hydrogens is 278 g/mol. The van der Waals surface area contributed by atoms with Crippen LogP contribution < -0.4 is 5.32 Å². The van der Waals surface area contributed by atoms with E-state index < -0.39 is 0 Å². The molecule has 1 aliphatic carbocycles. The summed E-state index contributed by atoms with van der Waals surface area (Å²) < 4.78 is 0. The van der Waals surface area contributed by atoms with E-state index in [1.165, 1.54) is 36.3 Å². The third kappa shape index (κ3) is 3.94. The van der Waals surface area contributed by atoms with E-state index in [1.54, 1.807) is 12.1 Å². The number of rotatable bonds is 5. The van der Waals surface area contributed by atoms with Crippen molar-refractivity contribution in [1.82, 2.24) is 0 Å². The van der Waals surface area contributed by atoms with Crippen molar-refractivity contribution in [2.24, 2.45) is 0 Å². The molecule has 1 fully saturated rings. The van der Waals surface area contributed by atoms with Crippen LogP contribution in [0.3, 0.4) is 0 Å². The van der Waals surface area contributed by atoms with Crippen LogP contribution >= 0.6 is 11.8 Å². The van der Waals surface area contributed by atoms with Crippen LogP contribution in [0, 0.1) is 0 Å². The molecule has 21 heavy (non-hydrogen) atoms. The third-order valence-corrected chi connectivity index (χ3v) is 5.29. The van der Waals surface area contributed by atoms with Crippen molar-refractivity contribution in [1.29, 1.82) is 0 Å². The molecule has 0 radical (unpaired) electrons. The van der Waals surface area contributed by atoms with Crippen LogP contribution in [0.15, 0.2) is 53.4 Å². The summed E-state index contributed by atoms with van der Waals surface area (Å²) in [6, 6.07) is 15.9. The highest BCUT2D eigenvalue weighted by Gasteiger charge is 2.17. The second kappa shape index (κ2) is 6.90. The highest BCUT2D eigenvalue weighted by molar-refractivity contribution is 8.00. The van der Waals surface area contributed by atoms with Gasteiger partial charge in [-0.2, -0.15) is 0 Å². The minimum Gasteiger partial charge on any atom is -0.508 e. The fraction of sp³-hybridized carbons (Fsp3) is 0.333. The molecular formula is C18H21NOS. The summed E-state index contributed by atoms with van der Waals surface area (Å²) in [5.41, 5.74) is 2.29. The molecule has 1 aliphatic rings. The molecule has 110 valence electrons. The van der Waals surface area contributed by atoms with E-state index in [9.17, 15) is 5.11 Å². The summed E-state index contributed by atoms with van der Waals surface area (Å²) in [6.45, 7) is 0.733. The number of hydrogen-bond acceptors (Lipinski definition) is 3. The van der Waals surface area contributed by atoms with Crippen molar-refractivity contribution < 1.29 is 5.11 Å².